The van der Waals surface area contributed by atoms with Crippen molar-refractivity contribution in [1.29, 1.82) is 0 Å². The third-order valence-electron chi connectivity index (χ3n) is 1.08. The highest BCUT2D eigenvalue weighted by molar-refractivity contribution is 6.67. The van der Waals surface area contributed by atoms with Crippen LogP contribution in [0.3, 0.4) is 0 Å². The first-order valence-electron chi connectivity index (χ1n) is 3.54. The first kappa shape index (κ1) is 12.3. The predicted molar refractivity (Wildman–Crippen MR) is 54.6 cm³/mol. The molecule has 0 aliphatic carbocycles. The molecule has 72 valence electrons. The van der Waals surface area contributed by atoms with Crippen molar-refractivity contribution >= 4 is 28.4 Å². The lowest BCUT2D eigenvalue weighted by Crippen LogP contribution is -1.81. The number of carbonyl (C=O) groups excluding carboxylic acids is 1. The summed E-state index contributed by atoms with van der Waals surface area (Å²) in [4.78, 5) is 9.45. The van der Waals surface area contributed by atoms with E-state index in [1.807, 2.05) is 30.3 Å². The van der Waals surface area contributed by atoms with Gasteiger partial charge < -0.3 is 4.74 Å². The second-order valence-corrected chi connectivity index (χ2v) is 2.69. The lowest BCUT2D eigenvalue weighted by atomic mass is 10.3. The molecule has 0 aliphatic rings. The first-order valence-corrected chi connectivity index (χ1v) is 4.45. The number of ether oxygens (including phenoxy) is 1. The van der Waals surface area contributed by atoms with Crippen LogP contribution in [-0.2, 0) is 4.79 Å². The van der Waals surface area contributed by atoms with Crippen molar-refractivity contribution in [1.82, 2.24) is 0 Å². The van der Waals surface area contributed by atoms with Crippen LogP contribution in [0.15, 0.2) is 30.3 Å². The van der Waals surface area contributed by atoms with Gasteiger partial charge in [-0.1, -0.05) is 18.2 Å². The summed E-state index contributed by atoms with van der Waals surface area (Å²) in [6.45, 7) is 0. The lowest BCUT2D eigenvalue weighted by Gasteiger charge is -1.93. The van der Waals surface area contributed by atoms with Crippen LogP contribution in [0.1, 0.15) is 0 Å². The molecule has 0 heterocycles. The fourth-order valence-corrected chi connectivity index (χ4v) is 0.557. The molecule has 0 bridgehead atoms. The maximum Gasteiger partial charge on any atom is 0.236 e. The van der Waals surface area contributed by atoms with Gasteiger partial charge in [-0.25, -0.2) is 0 Å². The van der Waals surface area contributed by atoms with E-state index in [1.165, 1.54) is 0 Å². The minimum absolute atomic E-state index is 0.0957. The highest BCUT2D eigenvalue weighted by atomic mass is 35.5. The number of methoxy groups -OCH3 is 1. The van der Waals surface area contributed by atoms with Crippen LogP contribution in [0.5, 0.6) is 5.75 Å². The number of halogens is 2. The third-order valence-corrected chi connectivity index (χ3v) is 1.60. The summed E-state index contributed by atoms with van der Waals surface area (Å²) in [5.74, 6) is 0.814. The smallest absolute Gasteiger partial charge is 0.236 e. The van der Waals surface area contributed by atoms with E-state index in [0.717, 1.165) is 5.75 Å². The molecule has 0 atom stereocenters. The van der Waals surface area contributed by atoms with Gasteiger partial charge in [0.05, 0.1) is 13.0 Å². The van der Waals surface area contributed by atoms with E-state index in [2.05, 4.69) is 0 Å². The Labute approximate surface area is 87.4 Å². The van der Waals surface area contributed by atoms with E-state index in [1.54, 1.807) is 7.11 Å². The second-order valence-electron chi connectivity index (χ2n) is 2.01. The molecule has 0 saturated heterocycles. The molecule has 0 fully saturated rings. The number of hydrogen-bond donors (Lipinski definition) is 0. The van der Waals surface area contributed by atoms with Crippen LogP contribution >= 0.6 is 23.2 Å². The molecule has 0 amide bonds. The number of para-hydroxylation sites is 1. The maximum atomic E-state index is 9.45. The Kier molecular flexibility index (Phi) is 7.45. The van der Waals surface area contributed by atoms with Gasteiger partial charge in [-0.05, 0) is 23.7 Å². The molecule has 1 rings (SSSR count). The SMILES string of the molecule is COc1ccccc1.O=C(Cl)CCl. The van der Waals surface area contributed by atoms with Gasteiger partial charge in [0.15, 0.2) is 0 Å². The molecule has 0 radical (unpaired) electrons. The number of carbonyl (C=O) groups is 1. The Morgan fingerprint density at radius 3 is 2.08 bits per heavy atom. The summed E-state index contributed by atoms with van der Waals surface area (Å²) < 4.78 is 4.91. The molecule has 4 heteroatoms. The van der Waals surface area contributed by atoms with Gasteiger partial charge in [0.1, 0.15) is 5.75 Å². The Morgan fingerprint density at radius 1 is 1.38 bits per heavy atom. The molecule has 0 spiro atoms. The van der Waals surface area contributed by atoms with Gasteiger partial charge in [-0.2, -0.15) is 0 Å². The third kappa shape index (κ3) is 7.62. The minimum atomic E-state index is -0.508. The molecular formula is C9H10Cl2O2. The maximum absolute atomic E-state index is 9.45. The molecule has 0 aliphatic heterocycles. The largest absolute Gasteiger partial charge is 0.497 e. The molecule has 1 aromatic rings. The zero-order valence-corrected chi connectivity index (χ0v) is 8.68. The van der Waals surface area contributed by atoms with Gasteiger partial charge in [-0.3, -0.25) is 4.79 Å². The summed E-state index contributed by atoms with van der Waals surface area (Å²) in [6.07, 6.45) is 0. The monoisotopic (exact) mass is 220 g/mol. The van der Waals surface area contributed by atoms with Crippen molar-refractivity contribution in [2.75, 3.05) is 13.0 Å². The number of hydrogen-bond acceptors (Lipinski definition) is 2. The van der Waals surface area contributed by atoms with Crippen molar-refractivity contribution in [3.05, 3.63) is 30.3 Å². The van der Waals surface area contributed by atoms with Crippen LogP contribution in [-0.4, -0.2) is 18.2 Å². The Hall–Kier alpha value is -0.730. The second kappa shape index (κ2) is 7.90. The zero-order chi connectivity index (χ0) is 10.1. The fraction of sp³-hybridized carbons (Fsp3) is 0.222. The molecule has 1 aromatic carbocycles. The number of rotatable bonds is 2. The molecular weight excluding hydrogens is 211 g/mol. The molecule has 0 saturated carbocycles. The molecule has 0 N–H and O–H groups in total. The van der Waals surface area contributed by atoms with E-state index in [4.69, 9.17) is 27.9 Å². The van der Waals surface area contributed by atoms with E-state index in [9.17, 15) is 4.79 Å². The first-order chi connectivity index (χ1) is 6.20. The molecule has 0 unspecified atom stereocenters. The summed E-state index contributed by atoms with van der Waals surface area (Å²) in [6, 6.07) is 9.68. The predicted octanol–water partition coefficient (Wildman–Crippen LogP) is 2.69. The van der Waals surface area contributed by atoms with Gasteiger partial charge in [0, 0.05) is 0 Å². The number of benzene rings is 1. The van der Waals surface area contributed by atoms with Gasteiger partial charge in [0.2, 0.25) is 5.24 Å². The quantitative estimate of drug-likeness (QED) is 0.566. The van der Waals surface area contributed by atoms with Crippen molar-refractivity contribution in [3.8, 4) is 5.75 Å². The van der Waals surface area contributed by atoms with Crippen LogP contribution in [0.2, 0.25) is 0 Å². The van der Waals surface area contributed by atoms with Crippen LogP contribution in [0.4, 0.5) is 0 Å². The minimum Gasteiger partial charge on any atom is -0.497 e. The van der Waals surface area contributed by atoms with Crippen LogP contribution in [0, 0.1) is 0 Å². The van der Waals surface area contributed by atoms with Crippen molar-refractivity contribution in [2.45, 2.75) is 0 Å². The Balaban J connectivity index is 0.000000252. The van der Waals surface area contributed by atoms with E-state index in [-0.39, 0.29) is 5.88 Å². The van der Waals surface area contributed by atoms with Crippen molar-refractivity contribution in [2.24, 2.45) is 0 Å². The Morgan fingerprint density at radius 2 is 1.85 bits per heavy atom. The molecule has 2 nitrogen and oxygen atoms in total. The van der Waals surface area contributed by atoms with Gasteiger partial charge >= 0.3 is 0 Å². The molecule has 13 heavy (non-hydrogen) atoms. The van der Waals surface area contributed by atoms with Crippen molar-refractivity contribution in [3.63, 3.8) is 0 Å². The van der Waals surface area contributed by atoms with Crippen LogP contribution in [0.25, 0.3) is 0 Å². The van der Waals surface area contributed by atoms with Gasteiger partial charge in [0.25, 0.3) is 0 Å². The van der Waals surface area contributed by atoms with Gasteiger partial charge in [-0.15, -0.1) is 11.6 Å². The lowest BCUT2D eigenvalue weighted by molar-refractivity contribution is -0.109. The highest BCUT2D eigenvalue weighted by Gasteiger charge is 1.83. The fourth-order valence-electron chi connectivity index (χ4n) is 0.557. The summed E-state index contributed by atoms with van der Waals surface area (Å²) in [5.41, 5.74) is 0. The molecule has 0 aromatic heterocycles. The standard InChI is InChI=1S/C7H8O.C2H2Cl2O/c1-8-7-5-3-2-4-6-7;3-1-2(4)5/h2-6H,1H3;1H2. The topological polar surface area (TPSA) is 26.3 Å². The average molecular weight is 221 g/mol. The van der Waals surface area contributed by atoms with Crippen LogP contribution < -0.4 is 4.74 Å². The normalized spacial score (nSPS) is 8.23. The summed E-state index contributed by atoms with van der Waals surface area (Å²) >= 11 is 9.55. The zero-order valence-electron chi connectivity index (χ0n) is 7.17. The Bertz CT molecular complexity index is 237. The number of alkyl halides is 1. The average Bonchev–Trinajstić information content (AvgIpc) is 2.20. The van der Waals surface area contributed by atoms with E-state index < -0.39 is 5.24 Å². The van der Waals surface area contributed by atoms with E-state index >= 15 is 0 Å². The van der Waals surface area contributed by atoms with E-state index in [0.29, 0.717) is 0 Å². The summed E-state index contributed by atoms with van der Waals surface area (Å²) in [5, 5.41) is -0.508. The summed E-state index contributed by atoms with van der Waals surface area (Å²) in [7, 11) is 1.66. The van der Waals surface area contributed by atoms with Crippen molar-refractivity contribution < 1.29 is 9.53 Å². The highest BCUT2D eigenvalue weighted by Crippen LogP contribution is 2.05.